The number of amides is 1. The summed E-state index contributed by atoms with van der Waals surface area (Å²) in [6.45, 7) is 3.46. The number of piperazine rings is 1. The van der Waals surface area contributed by atoms with Crippen LogP contribution < -0.4 is 10.6 Å². The smallest absolute Gasteiger partial charge is 0.231 e. The van der Waals surface area contributed by atoms with Crippen LogP contribution in [0.5, 0.6) is 0 Å². The molecule has 5 nitrogen and oxygen atoms in total. The van der Waals surface area contributed by atoms with Crippen LogP contribution in [0.25, 0.3) is 10.9 Å². The molecule has 1 saturated heterocycles. The number of halogens is 2. The van der Waals surface area contributed by atoms with E-state index in [4.69, 9.17) is 28.9 Å². The van der Waals surface area contributed by atoms with Crippen LogP contribution in [0.2, 0.25) is 10.0 Å². The van der Waals surface area contributed by atoms with Gasteiger partial charge in [-0.25, -0.2) is 4.98 Å². The average Bonchev–Trinajstić information content (AvgIpc) is 2.51. The molecule has 116 valence electrons. The highest BCUT2D eigenvalue weighted by atomic mass is 35.5. The van der Waals surface area contributed by atoms with E-state index < -0.39 is 0 Å². The molecule has 7 heteroatoms. The third-order valence-electron chi connectivity index (χ3n) is 3.81. The largest absolute Gasteiger partial charge is 0.369 e. The fourth-order valence-electron chi connectivity index (χ4n) is 2.65. The van der Waals surface area contributed by atoms with Gasteiger partial charge in [-0.3, -0.25) is 9.69 Å². The summed E-state index contributed by atoms with van der Waals surface area (Å²) >= 11 is 12.3. The zero-order chi connectivity index (χ0) is 15.7. The highest BCUT2D eigenvalue weighted by Crippen LogP contribution is 2.31. The quantitative estimate of drug-likeness (QED) is 0.931. The van der Waals surface area contributed by atoms with Gasteiger partial charge in [0.15, 0.2) is 0 Å². The predicted molar refractivity (Wildman–Crippen MR) is 89.6 cm³/mol. The molecule has 1 fully saturated rings. The monoisotopic (exact) mass is 338 g/mol. The van der Waals surface area contributed by atoms with Gasteiger partial charge in [0.1, 0.15) is 5.82 Å². The molecule has 1 amide bonds. The first-order chi connectivity index (χ1) is 10.5. The maximum atomic E-state index is 11.0. The molecule has 0 radical (unpaired) electrons. The Bertz CT molecular complexity index is 714. The average molecular weight is 339 g/mol. The zero-order valence-corrected chi connectivity index (χ0v) is 13.4. The Kier molecular flexibility index (Phi) is 4.38. The summed E-state index contributed by atoms with van der Waals surface area (Å²) in [5, 5.41) is 1.95. The van der Waals surface area contributed by atoms with Gasteiger partial charge >= 0.3 is 0 Å². The van der Waals surface area contributed by atoms with Crippen molar-refractivity contribution in [1.82, 2.24) is 9.88 Å². The van der Waals surface area contributed by atoms with Crippen LogP contribution in [0.1, 0.15) is 0 Å². The van der Waals surface area contributed by atoms with E-state index in [0.29, 0.717) is 22.1 Å². The molecule has 0 aliphatic carbocycles. The molecule has 0 atom stereocenters. The summed E-state index contributed by atoms with van der Waals surface area (Å²) in [6, 6.07) is 7.66. The number of nitrogens with two attached hydrogens (primary N) is 1. The minimum Gasteiger partial charge on any atom is -0.369 e. The lowest BCUT2D eigenvalue weighted by molar-refractivity contribution is -0.119. The van der Waals surface area contributed by atoms with Gasteiger partial charge in [-0.15, -0.1) is 0 Å². The molecule has 1 aromatic heterocycles. The number of aromatic nitrogens is 1. The van der Waals surface area contributed by atoms with Crippen LogP contribution in [0.4, 0.5) is 5.82 Å². The first-order valence-electron chi connectivity index (χ1n) is 7.05. The minimum atomic E-state index is -0.293. The Morgan fingerprint density at radius 1 is 1.14 bits per heavy atom. The number of anilines is 1. The van der Waals surface area contributed by atoms with Crippen molar-refractivity contribution in [2.24, 2.45) is 5.73 Å². The van der Waals surface area contributed by atoms with Crippen molar-refractivity contribution in [2.75, 3.05) is 37.6 Å². The number of primary amides is 1. The number of hydrogen-bond acceptors (Lipinski definition) is 4. The van der Waals surface area contributed by atoms with Crippen molar-refractivity contribution in [1.29, 1.82) is 0 Å². The highest BCUT2D eigenvalue weighted by molar-refractivity contribution is 6.45. The van der Waals surface area contributed by atoms with Crippen molar-refractivity contribution in [3.05, 3.63) is 34.3 Å². The summed E-state index contributed by atoms with van der Waals surface area (Å²) in [6.07, 6.45) is 0. The summed E-state index contributed by atoms with van der Waals surface area (Å²) in [5.41, 5.74) is 5.94. The Hall–Kier alpha value is -1.56. The number of nitrogens with zero attached hydrogens (tertiary/aromatic N) is 3. The standard InChI is InChI=1S/C15H16Cl2N4O/c16-11-3-1-10-2-4-13(19-15(10)14(11)17)21-7-5-20(6-8-21)9-12(18)22/h1-4H,5-9H2,(H2,18,22). The number of fused-ring (bicyclic) bond motifs is 1. The SMILES string of the molecule is NC(=O)CN1CCN(c2ccc3ccc(Cl)c(Cl)c3n2)CC1. The van der Waals surface area contributed by atoms with Gasteiger partial charge < -0.3 is 10.6 Å². The lowest BCUT2D eigenvalue weighted by Crippen LogP contribution is -2.49. The molecule has 1 aromatic carbocycles. The molecule has 2 N–H and O–H groups in total. The van der Waals surface area contributed by atoms with Gasteiger partial charge in [-0.05, 0) is 18.2 Å². The molecule has 1 aliphatic rings. The zero-order valence-electron chi connectivity index (χ0n) is 11.9. The number of carbonyl (C=O) groups excluding carboxylic acids is 1. The van der Waals surface area contributed by atoms with Crippen molar-refractivity contribution < 1.29 is 4.79 Å². The molecule has 22 heavy (non-hydrogen) atoms. The van der Waals surface area contributed by atoms with Crippen LogP contribution >= 0.6 is 23.2 Å². The van der Waals surface area contributed by atoms with E-state index in [1.807, 2.05) is 23.1 Å². The van der Waals surface area contributed by atoms with Gasteiger partial charge in [-0.1, -0.05) is 29.3 Å². The van der Waals surface area contributed by atoms with E-state index >= 15 is 0 Å². The van der Waals surface area contributed by atoms with Crippen LogP contribution in [0, 0.1) is 0 Å². The van der Waals surface area contributed by atoms with E-state index in [1.165, 1.54) is 0 Å². The Morgan fingerprint density at radius 2 is 1.82 bits per heavy atom. The van der Waals surface area contributed by atoms with E-state index in [2.05, 4.69) is 9.88 Å². The maximum absolute atomic E-state index is 11.0. The third kappa shape index (κ3) is 3.11. The molecule has 0 saturated carbocycles. The normalized spacial score (nSPS) is 16.2. The van der Waals surface area contributed by atoms with E-state index in [1.54, 1.807) is 6.07 Å². The van der Waals surface area contributed by atoms with E-state index in [-0.39, 0.29) is 5.91 Å². The van der Waals surface area contributed by atoms with Crippen molar-refractivity contribution in [2.45, 2.75) is 0 Å². The number of benzene rings is 1. The molecule has 3 rings (SSSR count). The van der Waals surface area contributed by atoms with Gasteiger partial charge in [0.2, 0.25) is 5.91 Å². The van der Waals surface area contributed by atoms with Crippen LogP contribution in [-0.4, -0.2) is 48.5 Å². The molecule has 1 aliphatic heterocycles. The first-order valence-corrected chi connectivity index (χ1v) is 7.80. The first kappa shape index (κ1) is 15.3. The van der Waals surface area contributed by atoms with Crippen LogP contribution in [-0.2, 0) is 4.79 Å². The summed E-state index contributed by atoms with van der Waals surface area (Å²) in [7, 11) is 0. The lowest BCUT2D eigenvalue weighted by Gasteiger charge is -2.34. The fraction of sp³-hybridized carbons (Fsp3) is 0.333. The molecule has 0 spiro atoms. The van der Waals surface area contributed by atoms with Crippen molar-refractivity contribution in [3.8, 4) is 0 Å². The van der Waals surface area contributed by atoms with Crippen molar-refractivity contribution in [3.63, 3.8) is 0 Å². The number of carbonyl (C=O) groups is 1. The van der Waals surface area contributed by atoms with Gasteiger partial charge in [-0.2, -0.15) is 0 Å². The predicted octanol–water partition coefficient (Wildman–Crippen LogP) is 2.15. The second-order valence-electron chi connectivity index (χ2n) is 5.33. The van der Waals surface area contributed by atoms with Crippen LogP contribution in [0.3, 0.4) is 0 Å². The van der Waals surface area contributed by atoms with E-state index in [9.17, 15) is 4.79 Å². The molecular weight excluding hydrogens is 323 g/mol. The molecular formula is C15H16Cl2N4O. The van der Waals surface area contributed by atoms with Gasteiger partial charge in [0, 0.05) is 31.6 Å². The van der Waals surface area contributed by atoms with Gasteiger partial charge in [0.25, 0.3) is 0 Å². The molecule has 0 bridgehead atoms. The topological polar surface area (TPSA) is 62.5 Å². The number of hydrogen-bond donors (Lipinski definition) is 1. The van der Waals surface area contributed by atoms with E-state index in [0.717, 1.165) is 37.4 Å². The third-order valence-corrected chi connectivity index (χ3v) is 4.61. The Labute approximate surface area is 138 Å². The summed E-state index contributed by atoms with van der Waals surface area (Å²) < 4.78 is 0. The fourth-order valence-corrected chi connectivity index (χ4v) is 3.02. The Morgan fingerprint density at radius 3 is 2.50 bits per heavy atom. The minimum absolute atomic E-state index is 0.293. The molecule has 2 aromatic rings. The lowest BCUT2D eigenvalue weighted by atomic mass is 10.2. The number of rotatable bonds is 3. The summed E-state index contributed by atoms with van der Waals surface area (Å²) in [4.78, 5) is 19.8. The van der Waals surface area contributed by atoms with Crippen LogP contribution in [0.15, 0.2) is 24.3 Å². The summed E-state index contributed by atoms with van der Waals surface area (Å²) in [5.74, 6) is 0.578. The maximum Gasteiger partial charge on any atom is 0.231 e. The molecule has 2 heterocycles. The number of pyridine rings is 1. The second-order valence-corrected chi connectivity index (χ2v) is 6.12. The molecule has 0 unspecified atom stereocenters. The second kappa shape index (κ2) is 6.28. The van der Waals surface area contributed by atoms with Crippen molar-refractivity contribution >= 4 is 45.8 Å². The van der Waals surface area contributed by atoms with Gasteiger partial charge in [0.05, 0.1) is 22.1 Å². The highest BCUT2D eigenvalue weighted by Gasteiger charge is 2.19. The Balaban J connectivity index is 1.80.